The summed E-state index contributed by atoms with van der Waals surface area (Å²) in [5, 5.41) is 13.8. The van der Waals surface area contributed by atoms with Crippen LogP contribution in [0.2, 0.25) is 0 Å². The molecule has 2 amide bonds. The fourth-order valence-electron chi connectivity index (χ4n) is 4.47. The second kappa shape index (κ2) is 19.9. The normalized spacial score (nSPS) is 14.3. The highest BCUT2D eigenvalue weighted by Gasteiger charge is 2.29. The molecule has 0 bridgehead atoms. The Labute approximate surface area is 241 Å². The topological polar surface area (TPSA) is 146 Å². The number of nitrogens with two attached hydrogens (primary N) is 2. The number of aliphatic hydroxyl groups is 1. The molecule has 0 aliphatic carbocycles. The number of hydrogen-bond acceptors (Lipinski definition) is 7. The number of nitrogens with one attached hydrogen (secondary N) is 1. The Bertz CT molecular complexity index is 839. The minimum atomic E-state index is -0.810. The van der Waals surface area contributed by atoms with Crippen LogP contribution in [0.25, 0.3) is 0 Å². The number of halogens is 1. The van der Waals surface area contributed by atoms with Crippen molar-refractivity contribution in [1.29, 1.82) is 0 Å². The lowest BCUT2D eigenvalue weighted by Crippen LogP contribution is -2.43. The molecule has 0 saturated carbocycles. The number of amides is 2. The van der Waals surface area contributed by atoms with E-state index in [0.717, 1.165) is 18.4 Å². The highest BCUT2D eigenvalue weighted by Crippen LogP contribution is 2.31. The zero-order valence-corrected chi connectivity index (χ0v) is 25.4. The predicted octanol–water partition coefficient (Wildman–Crippen LogP) is 3.47. The first-order valence-corrected chi connectivity index (χ1v) is 13.8. The number of aliphatic hydroxyl groups excluding tert-OH is 1. The van der Waals surface area contributed by atoms with Gasteiger partial charge in [-0.1, -0.05) is 33.8 Å². The third kappa shape index (κ3) is 14.2. The van der Waals surface area contributed by atoms with E-state index in [-0.39, 0.29) is 54.8 Å². The molecule has 226 valence electrons. The van der Waals surface area contributed by atoms with Crippen molar-refractivity contribution in [1.82, 2.24) is 5.32 Å². The van der Waals surface area contributed by atoms with E-state index in [2.05, 4.69) is 19.2 Å². The molecule has 9 nitrogen and oxygen atoms in total. The minimum absolute atomic E-state index is 0. The maximum absolute atomic E-state index is 12.7. The van der Waals surface area contributed by atoms with E-state index in [1.54, 1.807) is 14.2 Å². The van der Waals surface area contributed by atoms with E-state index >= 15 is 0 Å². The van der Waals surface area contributed by atoms with Gasteiger partial charge >= 0.3 is 0 Å². The van der Waals surface area contributed by atoms with Crippen LogP contribution in [0.4, 0.5) is 0 Å². The number of hydrogen-bond donors (Lipinski definition) is 4. The van der Waals surface area contributed by atoms with Crippen molar-refractivity contribution < 1.29 is 28.9 Å². The summed E-state index contributed by atoms with van der Waals surface area (Å²) in [5.74, 6) is 1.11. The summed E-state index contributed by atoms with van der Waals surface area (Å²) in [4.78, 5) is 23.7. The fourth-order valence-corrected chi connectivity index (χ4v) is 4.47. The Morgan fingerprint density at radius 2 is 1.69 bits per heavy atom. The molecule has 1 aromatic carbocycles. The number of rotatable bonds is 20. The first-order chi connectivity index (χ1) is 18.0. The van der Waals surface area contributed by atoms with Crippen LogP contribution in [0.15, 0.2) is 18.2 Å². The van der Waals surface area contributed by atoms with Gasteiger partial charge in [0.2, 0.25) is 11.8 Å². The molecule has 0 saturated heterocycles. The van der Waals surface area contributed by atoms with E-state index in [9.17, 15) is 14.7 Å². The largest absolute Gasteiger partial charge is 0.493 e. The molecule has 1 aromatic rings. The van der Waals surface area contributed by atoms with Gasteiger partial charge in [-0.15, -0.1) is 12.4 Å². The number of carbonyl (C=O) groups excluding carboxylic acids is 2. The van der Waals surface area contributed by atoms with Gasteiger partial charge in [0.15, 0.2) is 11.5 Å². The van der Waals surface area contributed by atoms with Gasteiger partial charge in [0, 0.05) is 45.1 Å². The van der Waals surface area contributed by atoms with Crippen molar-refractivity contribution in [3.63, 3.8) is 0 Å². The fraction of sp³-hybridized carbons (Fsp3) is 0.724. The zero-order chi connectivity index (χ0) is 28.7. The number of benzene rings is 1. The number of ether oxygens (including phenoxy) is 3. The first kappa shape index (κ1) is 36.9. The molecule has 39 heavy (non-hydrogen) atoms. The summed E-state index contributed by atoms with van der Waals surface area (Å²) in [6.07, 6.45) is 2.39. The monoisotopic (exact) mass is 573 g/mol. The summed E-state index contributed by atoms with van der Waals surface area (Å²) in [6, 6.07) is 5.51. The predicted molar refractivity (Wildman–Crippen MR) is 157 cm³/mol. The summed E-state index contributed by atoms with van der Waals surface area (Å²) in [6.45, 7) is 9.78. The quantitative estimate of drug-likeness (QED) is 0.175. The lowest BCUT2D eigenvalue weighted by atomic mass is 9.81. The molecule has 0 unspecified atom stereocenters. The van der Waals surface area contributed by atoms with Crippen molar-refractivity contribution >= 4 is 24.2 Å². The molecule has 0 fully saturated rings. The summed E-state index contributed by atoms with van der Waals surface area (Å²) in [5.41, 5.74) is 12.8. The minimum Gasteiger partial charge on any atom is -0.493 e. The molecule has 0 spiro atoms. The molecule has 0 radical (unpaired) electrons. The molecule has 0 heterocycles. The molecule has 0 aromatic heterocycles. The van der Waals surface area contributed by atoms with Crippen LogP contribution in [-0.4, -0.2) is 63.0 Å². The molecular weight excluding hydrogens is 522 g/mol. The van der Waals surface area contributed by atoms with Crippen LogP contribution in [0.5, 0.6) is 11.5 Å². The summed E-state index contributed by atoms with van der Waals surface area (Å²) >= 11 is 0. The number of primary amides is 1. The summed E-state index contributed by atoms with van der Waals surface area (Å²) in [7, 11) is 3.29. The van der Waals surface area contributed by atoms with Crippen LogP contribution in [0.1, 0.15) is 65.4 Å². The van der Waals surface area contributed by atoms with Crippen molar-refractivity contribution in [2.45, 2.75) is 78.4 Å². The van der Waals surface area contributed by atoms with Crippen molar-refractivity contribution in [2.75, 3.05) is 34.0 Å². The molecule has 4 atom stereocenters. The zero-order valence-electron chi connectivity index (χ0n) is 24.6. The van der Waals surface area contributed by atoms with E-state index < -0.39 is 12.1 Å². The Kier molecular flexibility index (Phi) is 18.8. The van der Waals surface area contributed by atoms with Gasteiger partial charge < -0.3 is 36.1 Å². The van der Waals surface area contributed by atoms with Gasteiger partial charge in [-0.2, -0.15) is 0 Å². The highest BCUT2D eigenvalue weighted by molar-refractivity contribution is 5.85. The van der Waals surface area contributed by atoms with Gasteiger partial charge in [0.05, 0.1) is 19.8 Å². The maximum atomic E-state index is 12.7. The second-order valence-electron chi connectivity index (χ2n) is 10.8. The van der Waals surface area contributed by atoms with Crippen LogP contribution < -0.4 is 26.3 Å². The number of carbonyl (C=O) groups is 2. The van der Waals surface area contributed by atoms with Gasteiger partial charge in [0.25, 0.3) is 0 Å². The third-order valence-corrected chi connectivity index (χ3v) is 7.02. The van der Waals surface area contributed by atoms with Crippen LogP contribution in [0, 0.1) is 23.7 Å². The average Bonchev–Trinajstić information content (AvgIpc) is 2.86. The van der Waals surface area contributed by atoms with E-state index in [1.165, 1.54) is 0 Å². The van der Waals surface area contributed by atoms with Crippen molar-refractivity contribution in [3.8, 4) is 11.5 Å². The van der Waals surface area contributed by atoms with E-state index in [1.807, 2.05) is 32.0 Å². The van der Waals surface area contributed by atoms with Gasteiger partial charge in [-0.25, -0.2) is 0 Å². The Morgan fingerprint density at radius 1 is 1.00 bits per heavy atom. The third-order valence-electron chi connectivity index (χ3n) is 7.02. The Morgan fingerprint density at radius 3 is 2.26 bits per heavy atom. The first-order valence-electron chi connectivity index (χ1n) is 13.8. The molecule has 10 heteroatoms. The standard InChI is InChI=1S/C29H51N3O6.ClH/c1-19(2)22(15-21-10-11-26(37-6)27(16-21)38-14-8-13-36-5)17-24(30)25(33)18-23(20(3)4)29(35)32-12-7-9-28(31)34;/h10-11,16,19-20,22-25,33H,7-9,12-15,17-18,30H2,1-6H3,(H2,31,34)(H,32,35);1H/t22-,23-,24-,25-;/m0./s1. The van der Waals surface area contributed by atoms with Crippen molar-refractivity contribution in [3.05, 3.63) is 23.8 Å². The smallest absolute Gasteiger partial charge is 0.223 e. The van der Waals surface area contributed by atoms with Crippen LogP contribution in [-0.2, 0) is 20.7 Å². The molecule has 6 N–H and O–H groups in total. The Balaban J connectivity index is 0.0000144. The molecular formula is C29H52ClN3O6. The van der Waals surface area contributed by atoms with Crippen LogP contribution in [0.3, 0.4) is 0 Å². The van der Waals surface area contributed by atoms with Gasteiger partial charge in [0.1, 0.15) is 0 Å². The molecule has 0 aliphatic heterocycles. The lowest BCUT2D eigenvalue weighted by Gasteiger charge is -2.30. The van der Waals surface area contributed by atoms with Crippen LogP contribution >= 0.6 is 12.4 Å². The molecule has 1 rings (SSSR count). The Hall–Kier alpha value is -2.07. The average molecular weight is 574 g/mol. The lowest BCUT2D eigenvalue weighted by molar-refractivity contribution is -0.128. The van der Waals surface area contributed by atoms with E-state index in [0.29, 0.717) is 50.0 Å². The molecule has 0 aliphatic rings. The summed E-state index contributed by atoms with van der Waals surface area (Å²) < 4.78 is 16.5. The highest BCUT2D eigenvalue weighted by atomic mass is 35.5. The van der Waals surface area contributed by atoms with Gasteiger partial charge in [-0.05, 0) is 61.1 Å². The maximum Gasteiger partial charge on any atom is 0.223 e. The van der Waals surface area contributed by atoms with Crippen molar-refractivity contribution in [2.24, 2.45) is 35.1 Å². The van der Waals surface area contributed by atoms with Gasteiger partial charge in [-0.3, -0.25) is 9.59 Å². The SMILES string of the molecule is COCCCOc1cc(C[C@@H](C[C@H](N)[C@@H](O)C[C@H](C(=O)NCCCC(N)=O)C(C)C)C(C)C)ccc1OC.Cl. The van der Waals surface area contributed by atoms with E-state index in [4.69, 9.17) is 25.7 Å². The second-order valence-corrected chi connectivity index (χ2v) is 10.8. The number of methoxy groups -OCH3 is 2.